The summed E-state index contributed by atoms with van der Waals surface area (Å²) in [7, 11) is 3.11. The minimum Gasteiger partial charge on any atom is -0.497 e. The third kappa shape index (κ3) is 3.82. The van der Waals surface area contributed by atoms with Crippen LogP contribution in [0.3, 0.4) is 0 Å². The fourth-order valence-corrected chi connectivity index (χ4v) is 3.08. The highest BCUT2D eigenvalue weighted by atomic mass is 16.5. The van der Waals surface area contributed by atoms with E-state index in [1.54, 1.807) is 32.4 Å². The SMILES string of the molecule is COc1ccc(/C=N/NC(=O)/C(C#N)=C2\CCc3ccccc32)c(OC)c1. The molecule has 0 aromatic heterocycles. The number of amides is 1. The van der Waals surface area contributed by atoms with Crippen LogP contribution in [0.5, 0.6) is 11.5 Å². The van der Waals surface area contributed by atoms with Crippen LogP contribution in [0.25, 0.3) is 5.57 Å². The maximum Gasteiger partial charge on any atom is 0.282 e. The van der Waals surface area contributed by atoms with Crippen molar-refractivity contribution < 1.29 is 14.3 Å². The topological polar surface area (TPSA) is 83.7 Å². The number of rotatable bonds is 5. The van der Waals surface area contributed by atoms with Gasteiger partial charge in [0, 0.05) is 11.6 Å². The summed E-state index contributed by atoms with van der Waals surface area (Å²) < 4.78 is 10.4. The molecule has 1 aliphatic carbocycles. The second kappa shape index (κ2) is 8.19. The van der Waals surface area contributed by atoms with E-state index >= 15 is 0 Å². The van der Waals surface area contributed by atoms with Crippen molar-refractivity contribution in [1.29, 1.82) is 5.26 Å². The Kier molecular flexibility index (Phi) is 5.53. The quantitative estimate of drug-likeness (QED) is 0.384. The van der Waals surface area contributed by atoms with E-state index in [4.69, 9.17) is 9.47 Å². The van der Waals surface area contributed by atoms with Gasteiger partial charge in [0.2, 0.25) is 0 Å². The average molecular weight is 361 g/mol. The molecule has 0 heterocycles. The third-order valence-electron chi connectivity index (χ3n) is 4.44. The molecule has 2 aromatic rings. The van der Waals surface area contributed by atoms with E-state index in [0.717, 1.165) is 23.1 Å². The fourth-order valence-electron chi connectivity index (χ4n) is 3.08. The zero-order valence-electron chi connectivity index (χ0n) is 15.2. The van der Waals surface area contributed by atoms with Crippen LogP contribution in [-0.4, -0.2) is 26.3 Å². The smallest absolute Gasteiger partial charge is 0.282 e. The van der Waals surface area contributed by atoms with E-state index in [0.29, 0.717) is 23.5 Å². The van der Waals surface area contributed by atoms with Crippen molar-refractivity contribution in [2.75, 3.05) is 14.2 Å². The normalized spacial score (nSPS) is 14.4. The standard InChI is InChI=1S/C21H19N3O3/c1-26-16-9-7-15(20(11-16)27-2)13-23-24-21(25)19(12-22)18-10-8-14-5-3-4-6-17(14)18/h3-7,9,11,13H,8,10H2,1-2H3,(H,24,25)/b19-18+,23-13+. The summed E-state index contributed by atoms with van der Waals surface area (Å²) >= 11 is 0. The number of carbonyl (C=O) groups is 1. The molecule has 0 unspecified atom stereocenters. The molecule has 0 atom stereocenters. The Balaban J connectivity index is 1.79. The van der Waals surface area contributed by atoms with E-state index in [9.17, 15) is 10.1 Å². The summed E-state index contributed by atoms with van der Waals surface area (Å²) in [6, 6.07) is 15.1. The lowest BCUT2D eigenvalue weighted by Crippen LogP contribution is -2.20. The van der Waals surface area contributed by atoms with Crippen LogP contribution < -0.4 is 14.9 Å². The summed E-state index contributed by atoms with van der Waals surface area (Å²) in [5.74, 6) is 0.702. The second-order valence-corrected chi connectivity index (χ2v) is 5.93. The molecule has 0 aliphatic heterocycles. The molecule has 0 radical (unpaired) electrons. The third-order valence-corrected chi connectivity index (χ3v) is 4.44. The Hall–Kier alpha value is -3.59. The Morgan fingerprint density at radius 3 is 2.74 bits per heavy atom. The lowest BCUT2D eigenvalue weighted by atomic mass is 10.0. The zero-order valence-corrected chi connectivity index (χ0v) is 15.2. The molecular formula is C21H19N3O3. The number of nitriles is 1. The van der Waals surface area contributed by atoms with Gasteiger partial charge < -0.3 is 9.47 Å². The van der Waals surface area contributed by atoms with Crippen LogP contribution in [0.1, 0.15) is 23.1 Å². The first kappa shape index (κ1) is 18.2. The fraction of sp³-hybridized carbons (Fsp3) is 0.190. The molecule has 27 heavy (non-hydrogen) atoms. The van der Waals surface area contributed by atoms with Gasteiger partial charge in [0.15, 0.2) is 0 Å². The largest absolute Gasteiger partial charge is 0.497 e. The molecular weight excluding hydrogens is 342 g/mol. The molecule has 1 amide bonds. The molecule has 0 saturated heterocycles. The number of methoxy groups -OCH3 is 2. The van der Waals surface area contributed by atoms with Crippen molar-refractivity contribution in [2.24, 2.45) is 5.10 Å². The molecule has 0 bridgehead atoms. The first-order valence-corrected chi connectivity index (χ1v) is 8.45. The van der Waals surface area contributed by atoms with Gasteiger partial charge in [-0.3, -0.25) is 4.79 Å². The number of benzene rings is 2. The Morgan fingerprint density at radius 1 is 1.19 bits per heavy atom. The van der Waals surface area contributed by atoms with E-state index in [1.807, 2.05) is 30.3 Å². The summed E-state index contributed by atoms with van der Waals surface area (Å²) in [5, 5.41) is 13.5. The van der Waals surface area contributed by atoms with Gasteiger partial charge in [-0.05, 0) is 41.7 Å². The minimum absolute atomic E-state index is 0.0961. The van der Waals surface area contributed by atoms with Gasteiger partial charge >= 0.3 is 0 Å². The average Bonchev–Trinajstić information content (AvgIpc) is 3.13. The van der Waals surface area contributed by atoms with E-state index < -0.39 is 5.91 Å². The molecule has 0 fully saturated rings. The van der Waals surface area contributed by atoms with Gasteiger partial charge in [0.1, 0.15) is 23.1 Å². The van der Waals surface area contributed by atoms with Gasteiger partial charge in [0.25, 0.3) is 5.91 Å². The van der Waals surface area contributed by atoms with Crippen LogP contribution >= 0.6 is 0 Å². The molecule has 1 N–H and O–H groups in total. The number of allylic oxidation sites excluding steroid dienone is 1. The van der Waals surface area contributed by atoms with E-state index in [1.165, 1.54) is 6.21 Å². The molecule has 2 aromatic carbocycles. The highest BCUT2D eigenvalue weighted by molar-refractivity contribution is 6.06. The number of nitrogens with one attached hydrogen (secondary N) is 1. The summed E-state index contributed by atoms with van der Waals surface area (Å²) in [5.41, 5.74) is 6.09. The monoisotopic (exact) mass is 361 g/mol. The lowest BCUT2D eigenvalue weighted by Gasteiger charge is -2.07. The van der Waals surface area contributed by atoms with Gasteiger partial charge in [0.05, 0.1) is 20.4 Å². The number of hydrazone groups is 1. The van der Waals surface area contributed by atoms with Crippen molar-refractivity contribution in [3.63, 3.8) is 0 Å². The second-order valence-electron chi connectivity index (χ2n) is 5.93. The van der Waals surface area contributed by atoms with E-state index in [-0.39, 0.29) is 5.57 Å². The van der Waals surface area contributed by atoms with Gasteiger partial charge in [-0.25, -0.2) is 5.43 Å². The van der Waals surface area contributed by atoms with Crippen LogP contribution in [0.15, 0.2) is 53.1 Å². The Morgan fingerprint density at radius 2 is 2.00 bits per heavy atom. The molecule has 136 valence electrons. The number of hydrogen-bond acceptors (Lipinski definition) is 5. The maximum absolute atomic E-state index is 12.5. The molecule has 0 saturated carbocycles. The van der Waals surface area contributed by atoms with Gasteiger partial charge in [-0.1, -0.05) is 24.3 Å². The summed E-state index contributed by atoms with van der Waals surface area (Å²) in [4.78, 5) is 12.5. The number of nitrogens with zero attached hydrogens (tertiary/aromatic N) is 2. The highest BCUT2D eigenvalue weighted by Crippen LogP contribution is 2.34. The van der Waals surface area contributed by atoms with Crippen molar-refractivity contribution in [2.45, 2.75) is 12.8 Å². The number of fused-ring (bicyclic) bond motifs is 1. The Labute approximate surface area is 157 Å². The summed E-state index contributed by atoms with van der Waals surface area (Å²) in [6.45, 7) is 0. The van der Waals surface area contributed by atoms with Gasteiger partial charge in [-0.15, -0.1) is 0 Å². The predicted octanol–water partition coefficient (Wildman–Crippen LogP) is 3.08. The van der Waals surface area contributed by atoms with Crippen molar-refractivity contribution in [3.05, 3.63) is 64.7 Å². The number of carbonyl (C=O) groups excluding carboxylic acids is 1. The van der Waals surface area contributed by atoms with E-state index in [2.05, 4.69) is 10.5 Å². The molecule has 6 nitrogen and oxygen atoms in total. The number of ether oxygens (including phenoxy) is 2. The first-order chi connectivity index (χ1) is 13.2. The first-order valence-electron chi connectivity index (χ1n) is 8.45. The van der Waals surface area contributed by atoms with Crippen LogP contribution in [0.4, 0.5) is 0 Å². The maximum atomic E-state index is 12.5. The number of aryl methyl sites for hydroxylation is 1. The summed E-state index contributed by atoms with van der Waals surface area (Å²) in [6.07, 6.45) is 2.97. The van der Waals surface area contributed by atoms with Crippen molar-refractivity contribution in [1.82, 2.24) is 5.43 Å². The number of hydrogen-bond donors (Lipinski definition) is 1. The molecule has 6 heteroatoms. The highest BCUT2D eigenvalue weighted by Gasteiger charge is 2.23. The van der Waals surface area contributed by atoms with Crippen molar-refractivity contribution >= 4 is 17.7 Å². The molecule has 0 spiro atoms. The molecule has 1 aliphatic rings. The Bertz CT molecular complexity index is 971. The predicted molar refractivity (Wildman–Crippen MR) is 103 cm³/mol. The van der Waals surface area contributed by atoms with Gasteiger partial charge in [-0.2, -0.15) is 10.4 Å². The van der Waals surface area contributed by atoms with Crippen LogP contribution in [-0.2, 0) is 11.2 Å². The lowest BCUT2D eigenvalue weighted by molar-refractivity contribution is -0.117. The molecule has 3 rings (SSSR count). The minimum atomic E-state index is -0.520. The van der Waals surface area contributed by atoms with Crippen LogP contribution in [0, 0.1) is 11.3 Å². The van der Waals surface area contributed by atoms with Crippen molar-refractivity contribution in [3.8, 4) is 17.6 Å². The van der Waals surface area contributed by atoms with Crippen LogP contribution in [0.2, 0.25) is 0 Å². The zero-order chi connectivity index (χ0) is 19.2.